The summed E-state index contributed by atoms with van der Waals surface area (Å²) in [5.41, 5.74) is 5.22. The molecule has 0 saturated carbocycles. The molecule has 0 heterocycles. The van der Waals surface area contributed by atoms with Crippen LogP contribution in [0.15, 0.2) is 115 Å². The van der Waals surface area contributed by atoms with Crippen molar-refractivity contribution in [3.8, 4) is 29.1 Å². The van der Waals surface area contributed by atoms with E-state index in [2.05, 4.69) is 78.6 Å². The SMILES string of the molecule is COc1cc(/C=C(/C=C(/C#Cc2ccccc2)c2ccccc2)CC[Se]c2ccccc2)cc(OC)c1OC. The first-order chi connectivity index (χ1) is 19.2. The Balaban J connectivity index is 1.77. The van der Waals surface area contributed by atoms with Gasteiger partial charge in [0.25, 0.3) is 0 Å². The van der Waals surface area contributed by atoms with Crippen molar-refractivity contribution in [2.45, 2.75) is 11.7 Å². The fourth-order valence-corrected chi connectivity index (χ4v) is 5.98. The Hall–Kier alpha value is -4.16. The zero-order valence-electron chi connectivity index (χ0n) is 22.5. The molecule has 0 aliphatic heterocycles. The van der Waals surface area contributed by atoms with Crippen LogP contribution < -0.4 is 18.7 Å². The molecule has 0 saturated heterocycles. The fraction of sp³-hybridized carbons (Fsp3) is 0.143. The van der Waals surface area contributed by atoms with Gasteiger partial charge in [0.2, 0.25) is 0 Å². The Labute approximate surface area is 238 Å². The number of allylic oxidation sites excluding steroid dienone is 3. The topological polar surface area (TPSA) is 27.7 Å². The van der Waals surface area contributed by atoms with E-state index in [4.69, 9.17) is 14.2 Å². The van der Waals surface area contributed by atoms with Crippen LogP contribution in [0, 0.1) is 11.8 Å². The van der Waals surface area contributed by atoms with Crippen LogP contribution in [0.25, 0.3) is 11.6 Å². The van der Waals surface area contributed by atoms with Gasteiger partial charge in [0.05, 0.1) is 0 Å². The summed E-state index contributed by atoms with van der Waals surface area (Å²) in [6.45, 7) is 0. The predicted octanol–water partition coefficient (Wildman–Crippen LogP) is 7.07. The van der Waals surface area contributed by atoms with Gasteiger partial charge in [-0.15, -0.1) is 0 Å². The van der Waals surface area contributed by atoms with Gasteiger partial charge in [-0.2, -0.15) is 0 Å². The van der Waals surface area contributed by atoms with E-state index in [1.54, 1.807) is 21.3 Å². The maximum atomic E-state index is 5.61. The van der Waals surface area contributed by atoms with Crippen molar-refractivity contribution in [3.05, 3.63) is 131 Å². The molecule has 4 aromatic carbocycles. The average molecular weight is 580 g/mol. The molecule has 0 fully saturated rings. The number of ether oxygens (including phenoxy) is 3. The van der Waals surface area contributed by atoms with E-state index in [-0.39, 0.29) is 0 Å². The molecule has 0 unspecified atom stereocenters. The van der Waals surface area contributed by atoms with E-state index < -0.39 is 0 Å². The van der Waals surface area contributed by atoms with Crippen molar-refractivity contribution < 1.29 is 14.2 Å². The molecule has 196 valence electrons. The second-order valence-electron chi connectivity index (χ2n) is 8.63. The third-order valence-corrected chi connectivity index (χ3v) is 8.10. The molecule has 4 heteroatoms. The minimum atomic E-state index is 0.367. The molecule has 0 spiro atoms. The van der Waals surface area contributed by atoms with Crippen molar-refractivity contribution in [2.75, 3.05) is 21.3 Å². The quantitative estimate of drug-likeness (QED) is 0.114. The number of methoxy groups -OCH3 is 3. The standard InChI is InChI=1S/C35H32O3Se/c1-36-33-25-29(26-34(37-2)35(33)38-3)23-28(21-22-39-32-17-11-6-12-18-32)24-31(30-15-9-5-10-16-30)20-19-27-13-7-4-8-14-27/h4-18,23-26H,21-22H2,1-3H3/b28-23+,31-24-. The molecule has 39 heavy (non-hydrogen) atoms. The molecule has 0 amide bonds. The third-order valence-electron chi connectivity index (χ3n) is 5.97. The van der Waals surface area contributed by atoms with E-state index in [0.717, 1.165) is 34.0 Å². The first-order valence-electron chi connectivity index (χ1n) is 12.7. The number of rotatable bonds is 10. The van der Waals surface area contributed by atoms with Crippen LogP contribution in [0.1, 0.15) is 23.1 Å². The van der Waals surface area contributed by atoms with E-state index in [1.807, 2.05) is 48.5 Å². The Kier molecular flexibility index (Phi) is 10.5. The monoisotopic (exact) mass is 580 g/mol. The second kappa shape index (κ2) is 14.7. The molecular formula is C35H32O3Se. The van der Waals surface area contributed by atoms with E-state index in [9.17, 15) is 0 Å². The van der Waals surface area contributed by atoms with Gasteiger partial charge in [-0.05, 0) is 0 Å². The summed E-state index contributed by atoms with van der Waals surface area (Å²) < 4.78 is 18.1. The number of benzene rings is 4. The zero-order valence-corrected chi connectivity index (χ0v) is 24.2. The van der Waals surface area contributed by atoms with Gasteiger partial charge in [0, 0.05) is 0 Å². The third kappa shape index (κ3) is 8.16. The van der Waals surface area contributed by atoms with Crippen LogP contribution in [0.2, 0.25) is 5.32 Å². The second-order valence-corrected chi connectivity index (χ2v) is 11.1. The molecule has 0 radical (unpaired) electrons. The van der Waals surface area contributed by atoms with Gasteiger partial charge in [0.1, 0.15) is 0 Å². The minimum absolute atomic E-state index is 0.367. The Morgan fingerprint density at radius 2 is 1.33 bits per heavy atom. The molecule has 0 atom stereocenters. The molecule has 4 aromatic rings. The summed E-state index contributed by atoms with van der Waals surface area (Å²) in [6, 6.07) is 35.1. The van der Waals surface area contributed by atoms with Crippen LogP contribution in [-0.4, -0.2) is 36.3 Å². The van der Waals surface area contributed by atoms with Crippen molar-refractivity contribution >= 4 is 31.1 Å². The van der Waals surface area contributed by atoms with Crippen LogP contribution in [0.4, 0.5) is 0 Å². The van der Waals surface area contributed by atoms with Gasteiger partial charge < -0.3 is 0 Å². The normalized spacial score (nSPS) is 11.4. The van der Waals surface area contributed by atoms with Crippen molar-refractivity contribution in [3.63, 3.8) is 0 Å². The average Bonchev–Trinajstić information content (AvgIpc) is 3.00. The zero-order chi connectivity index (χ0) is 27.3. The molecule has 3 nitrogen and oxygen atoms in total. The van der Waals surface area contributed by atoms with Gasteiger partial charge in [-0.1, -0.05) is 0 Å². The van der Waals surface area contributed by atoms with Gasteiger partial charge >= 0.3 is 239 Å². The summed E-state index contributed by atoms with van der Waals surface area (Å²) in [5.74, 6) is 8.64. The van der Waals surface area contributed by atoms with Crippen molar-refractivity contribution in [2.24, 2.45) is 0 Å². The molecule has 0 aliphatic rings. The molecule has 0 aromatic heterocycles. The molecule has 0 aliphatic carbocycles. The number of hydrogen-bond donors (Lipinski definition) is 0. The van der Waals surface area contributed by atoms with Crippen molar-refractivity contribution in [1.82, 2.24) is 0 Å². The van der Waals surface area contributed by atoms with E-state index in [0.29, 0.717) is 32.2 Å². The van der Waals surface area contributed by atoms with Crippen molar-refractivity contribution in [1.29, 1.82) is 0 Å². The summed E-state index contributed by atoms with van der Waals surface area (Å²) in [6.07, 6.45) is 5.32. The van der Waals surface area contributed by atoms with Gasteiger partial charge in [-0.25, -0.2) is 0 Å². The van der Waals surface area contributed by atoms with Gasteiger partial charge in [0.15, 0.2) is 0 Å². The summed E-state index contributed by atoms with van der Waals surface area (Å²) >= 11 is 0.367. The Morgan fingerprint density at radius 3 is 1.92 bits per heavy atom. The van der Waals surface area contributed by atoms with Crippen LogP contribution >= 0.6 is 0 Å². The summed E-state index contributed by atoms with van der Waals surface area (Å²) in [7, 11) is 4.90. The molecule has 0 bridgehead atoms. The maximum absolute atomic E-state index is 5.61. The van der Waals surface area contributed by atoms with E-state index in [1.165, 1.54) is 10.0 Å². The van der Waals surface area contributed by atoms with Crippen LogP contribution in [-0.2, 0) is 0 Å². The first-order valence-corrected chi connectivity index (χ1v) is 14.8. The summed E-state index contributed by atoms with van der Waals surface area (Å²) in [4.78, 5) is 0. The Morgan fingerprint density at radius 1 is 0.744 bits per heavy atom. The van der Waals surface area contributed by atoms with Gasteiger partial charge in [-0.3, -0.25) is 0 Å². The fourth-order valence-electron chi connectivity index (χ4n) is 4.04. The number of hydrogen-bond acceptors (Lipinski definition) is 3. The molecular weight excluding hydrogens is 547 g/mol. The van der Waals surface area contributed by atoms with E-state index >= 15 is 0 Å². The molecule has 4 rings (SSSR count). The Bertz CT molecular complexity index is 1440. The van der Waals surface area contributed by atoms with Crippen LogP contribution in [0.3, 0.4) is 0 Å². The first kappa shape index (κ1) is 27.9. The van der Waals surface area contributed by atoms with Crippen LogP contribution in [0.5, 0.6) is 17.2 Å². The summed E-state index contributed by atoms with van der Waals surface area (Å²) in [5, 5.41) is 1.07. The predicted molar refractivity (Wildman–Crippen MR) is 163 cm³/mol. The molecule has 0 N–H and O–H groups in total.